The van der Waals surface area contributed by atoms with Crippen LogP contribution in [0.25, 0.3) is 0 Å². The highest BCUT2D eigenvalue weighted by molar-refractivity contribution is 5.77. The van der Waals surface area contributed by atoms with Crippen LogP contribution >= 0.6 is 0 Å². The minimum absolute atomic E-state index is 0.0108. The van der Waals surface area contributed by atoms with Gasteiger partial charge in [0.1, 0.15) is 0 Å². The van der Waals surface area contributed by atoms with Crippen LogP contribution < -0.4 is 0 Å². The Morgan fingerprint density at radius 3 is 2.79 bits per heavy atom. The van der Waals surface area contributed by atoms with Gasteiger partial charge < -0.3 is 9.84 Å². The second-order valence-electron chi connectivity index (χ2n) is 9.52. The molecule has 0 radical (unpaired) electrons. The Kier molecular flexibility index (Phi) is 3.69. The van der Waals surface area contributed by atoms with Crippen LogP contribution in [-0.2, 0) is 9.53 Å². The molecule has 0 aromatic carbocycles. The van der Waals surface area contributed by atoms with Gasteiger partial charge in [-0.05, 0) is 80.5 Å². The molecule has 1 spiro atoms. The van der Waals surface area contributed by atoms with Gasteiger partial charge in [-0.25, -0.2) is 0 Å². The molecule has 4 aliphatic carbocycles. The van der Waals surface area contributed by atoms with Gasteiger partial charge >= 0.3 is 5.97 Å². The largest absolute Gasteiger partial charge is 0.469 e. The molecule has 0 heterocycles. The van der Waals surface area contributed by atoms with Crippen LogP contribution in [0.1, 0.15) is 65.2 Å². The van der Waals surface area contributed by atoms with E-state index >= 15 is 0 Å². The first-order valence-corrected chi connectivity index (χ1v) is 9.80. The average Bonchev–Trinajstić information content (AvgIpc) is 2.84. The molecule has 0 unspecified atom stereocenters. The Balaban J connectivity index is 1.74. The lowest BCUT2D eigenvalue weighted by molar-refractivity contribution is -0.165. The summed E-state index contributed by atoms with van der Waals surface area (Å²) in [6.45, 7) is 4.92. The number of allylic oxidation sites excluding steroid dienone is 2. The van der Waals surface area contributed by atoms with Crippen molar-refractivity contribution in [3.05, 3.63) is 11.6 Å². The molecule has 3 saturated carbocycles. The second-order valence-corrected chi connectivity index (χ2v) is 9.52. The third-order valence-electron chi connectivity index (χ3n) is 8.51. The van der Waals surface area contributed by atoms with E-state index in [1.165, 1.54) is 26.4 Å². The lowest BCUT2D eigenvalue weighted by Crippen LogP contribution is -2.54. The Labute approximate surface area is 145 Å². The molecular formula is C21H32O3. The molecule has 3 heteroatoms. The number of ether oxygens (including phenoxy) is 1. The summed E-state index contributed by atoms with van der Waals surface area (Å²) in [5, 5.41) is 9.80. The molecule has 0 saturated heterocycles. The number of fused-ring (bicyclic) bond motifs is 3. The first-order valence-electron chi connectivity index (χ1n) is 9.80. The van der Waals surface area contributed by atoms with E-state index in [2.05, 4.69) is 19.9 Å². The van der Waals surface area contributed by atoms with Crippen LogP contribution in [0.4, 0.5) is 0 Å². The summed E-state index contributed by atoms with van der Waals surface area (Å²) in [7, 11) is 1.54. The first-order chi connectivity index (χ1) is 11.4. The molecule has 134 valence electrons. The molecular weight excluding hydrogens is 300 g/mol. The van der Waals surface area contributed by atoms with Gasteiger partial charge in [-0.2, -0.15) is 0 Å². The second kappa shape index (κ2) is 5.33. The van der Waals surface area contributed by atoms with E-state index < -0.39 is 0 Å². The zero-order chi connectivity index (χ0) is 17.2. The van der Waals surface area contributed by atoms with Crippen LogP contribution in [-0.4, -0.2) is 24.8 Å². The number of carbonyl (C=O) groups excluding carboxylic acids is 1. The number of hydrogen-bond donors (Lipinski definition) is 1. The molecule has 3 nitrogen and oxygen atoms in total. The molecule has 0 amide bonds. The maximum atomic E-state index is 12.6. The summed E-state index contributed by atoms with van der Waals surface area (Å²) in [4.78, 5) is 12.6. The Bertz CT molecular complexity index is 582. The van der Waals surface area contributed by atoms with E-state index in [9.17, 15) is 9.90 Å². The predicted octanol–water partition coefficient (Wildman–Crippen LogP) is 4.10. The molecule has 1 N–H and O–H groups in total. The van der Waals surface area contributed by atoms with Gasteiger partial charge in [0.15, 0.2) is 0 Å². The van der Waals surface area contributed by atoms with Gasteiger partial charge in [-0.15, -0.1) is 0 Å². The van der Waals surface area contributed by atoms with Crippen LogP contribution in [0.15, 0.2) is 11.6 Å². The fourth-order valence-electron chi connectivity index (χ4n) is 7.53. The summed E-state index contributed by atoms with van der Waals surface area (Å²) in [5.41, 5.74) is 1.76. The smallest absolute Gasteiger partial charge is 0.311 e. The highest BCUT2D eigenvalue weighted by Crippen LogP contribution is 2.70. The number of methoxy groups -OCH3 is 1. The van der Waals surface area contributed by atoms with E-state index in [0.29, 0.717) is 29.8 Å². The highest BCUT2D eigenvalue weighted by Gasteiger charge is 2.63. The van der Waals surface area contributed by atoms with Crippen molar-refractivity contribution < 1.29 is 14.6 Å². The van der Waals surface area contributed by atoms with Crippen LogP contribution in [0, 0.1) is 34.0 Å². The first kappa shape index (κ1) is 16.6. The molecule has 0 aromatic heterocycles. The Hall–Kier alpha value is -0.830. The number of hydrogen-bond acceptors (Lipinski definition) is 3. The third kappa shape index (κ3) is 1.97. The number of aliphatic hydroxyl groups is 1. The van der Waals surface area contributed by atoms with Crippen LogP contribution in [0.3, 0.4) is 0 Å². The maximum Gasteiger partial charge on any atom is 0.311 e. The van der Waals surface area contributed by atoms with E-state index in [1.54, 1.807) is 5.57 Å². The average molecular weight is 332 g/mol. The van der Waals surface area contributed by atoms with Crippen molar-refractivity contribution in [3.63, 3.8) is 0 Å². The van der Waals surface area contributed by atoms with E-state index in [0.717, 1.165) is 32.1 Å². The standard InChI is InChI=1S/C21H32O3/c1-19-8-4-9-20(2,18(23)24-3)16(19)7-10-21-11-14(5-6-17(19)21)15(12-21)13-22/h6,14-16,22H,4-5,7-13H2,1-3H3/t14-,15+,16+,19-,20-,21+/m1/s1. The van der Waals surface area contributed by atoms with E-state index in [-0.39, 0.29) is 16.8 Å². The maximum absolute atomic E-state index is 12.6. The Morgan fingerprint density at radius 2 is 2.08 bits per heavy atom. The molecule has 0 aromatic rings. The highest BCUT2D eigenvalue weighted by atomic mass is 16.5. The number of rotatable bonds is 2. The lowest BCUT2D eigenvalue weighted by atomic mass is 9.44. The summed E-state index contributed by atoms with van der Waals surface area (Å²) in [6.07, 6.45) is 11.7. The molecule has 3 fully saturated rings. The topological polar surface area (TPSA) is 46.5 Å². The van der Waals surface area contributed by atoms with Gasteiger partial charge in [0.25, 0.3) is 0 Å². The van der Waals surface area contributed by atoms with Crippen molar-refractivity contribution in [2.45, 2.75) is 65.2 Å². The van der Waals surface area contributed by atoms with Crippen molar-refractivity contribution in [3.8, 4) is 0 Å². The quantitative estimate of drug-likeness (QED) is 0.612. The molecule has 4 rings (SSSR count). The minimum atomic E-state index is -0.337. The van der Waals surface area contributed by atoms with Crippen molar-refractivity contribution in [2.75, 3.05) is 13.7 Å². The molecule has 6 atom stereocenters. The van der Waals surface area contributed by atoms with Gasteiger partial charge in [0, 0.05) is 6.61 Å². The van der Waals surface area contributed by atoms with Gasteiger partial charge in [0.2, 0.25) is 0 Å². The van der Waals surface area contributed by atoms with Crippen molar-refractivity contribution in [2.24, 2.45) is 34.0 Å². The lowest BCUT2D eigenvalue weighted by Gasteiger charge is -2.60. The zero-order valence-corrected chi connectivity index (χ0v) is 15.4. The monoisotopic (exact) mass is 332 g/mol. The Morgan fingerprint density at radius 1 is 1.29 bits per heavy atom. The van der Waals surface area contributed by atoms with Crippen LogP contribution in [0.2, 0.25) is 0 Å². The van der Waals surface area contributed by atoms with Crippen LogP contribution in [0.5, 0.6) is 0 Å². The summed E-state index contributed by atoms with van der Waals surface area (Å²) < 4.78 is 5.23. The zero-order valence-electron chi connectivity index (χ0n) is 15.4. The minimum Gasteiger partial charge on any atom is -0.469 e. The van der Waals surface area contributed by atoms with Crippen molar-refractivity contribution >= 4 is 5.97 Å². The van der Waals surface area contributed by atoms with Gasteiger partial charge in [0.05, 0.1) is 12.5 Å². The fourth-order valence-corrected chi connectivity index (χ4v) is 7.53. The van der Waals surface area contributed by atoms with E-state index in [4.69, 9.17) is 4.74 Å². The molecule has 4 aliphatic rings. The summed E-state index contributed by atoms with van der Waals surface area (Å²) >= 11 is 0. The SMILES string of the molecule is COC(=O)[C@]1(C)CCC[C@@]2(C)C3=CC[C@@H]4C[C@@]3(CC[C@H]12)C[C@H]4CO. The normalized spacial score (nSPS) is 49.8. The molecule has 2 bridgehead atoms. The number of carbonyl (C=O) groups is 1. The third-order valence-corrected chi connectivity index (χ3v) is 8.51. The van der Waals surface area contributed by atoms with Gasteiger partial charge in [-0.1, -0.05) is 25.0 Å². The number of aliphatic hydroxyl groups excluding tert-OH is 1. The fraction of sp³-hybridized carbons (Fsp3) is 0.857. The van der Waals surface area contributed by atoms with Crippen molar-refractivity contribution in [1.82, 2.24) is 0 Å². The van der Waals surface area contributed by atoms with Gasteiger partial charge in [-0.3, -0.25) is 4.79 Å². The summed E-state index contributed by atoms with van der Waals surface area (Å²) in [5.74, 6) is 1.54. The molecule has 0 aliphatic heterocycles. The number of esters is 1. The summed E-state index contributed by atoms with van der Waals surface area (Å²) in [6, 6.07) is 0. The van der Waals surface area contributed by atoms with E-state index in [1.807, 2.05) is 0 Å². The van der Waals surface area contributed by atoms with Crippen molar-refractivity contribution in [1.29, 1.82) is 0 Å². The predicted molar refractivity (Wildman–Crippen MR) is 93.2 cm³/mol. The molecule has 24 heavy (non-hydrogen) atoms.